The van der Waals surface area contributed by atoms with E-state index in [1.165, 1.54) is 0 Å². The fourth-order valence-corrected chi connectivity index (χ4v) is 2.84. The zero-order chi connectivity index (χ0) is 19.4. The van der Waals surface area contributed by atoms with Crippen molar-refractivity contribution in [2.75, 3.05) is 11.1 Å². The zero-order valence-electron chi connectivity index (χ0n) is 14.2. The Morgan fingerprint density at radius 2 is 1.78 bits per heavy atom. The number of nitrogens with one attached hydrogen (secondary N) is 1. The minimum absolute atomic E-state index is 0.00269. The Morgan fingerprint density at radius 3 is 2.48 bits per heavy atom. The number of ether oxygens (including phenoxy) is 1. The van der Waals surface area contributed by atoms with Crippen LogP contribution in [0, 0.1) is 6.92 Å². The van der Waals surface area contributed by atoms with Crippen molar-refractivity contribution >= 4 is 46.8 Å². The third-order valence-corrected chi connectivity index (χ3v) is 4.22. The molecule has 0 saturated carbocycles. The van der Waals surface area contributed by atoms with E-state index in [1.54, 1.807) is 18.2 Å². The topological polar surface area (TPSA) is 103 Å². The van der Waals surface area contributed by atoms with Crippen LogP contribution in [0.5, 0.6) is 0 Å². The lowest BCUT2D eigenvalue weighted by Crippen LogP contribution is -2.12. The molecule has 0 aliphatic rings. The number of hydrogen-bond donors (Lipinski definition) is 2. The number of nitrogens with zero attached hydrogens (tertiary/aromatic N) is 3. The van der Waals surface area contributed by atoms with Gasteiger partial charge >= 0.3 is 5.97 Å². The Morgan fingerprint density at radius 1 is 1.07 bits per heavy atom. The second-order valence-electron chi connectivity index (χ2n) is 5.55. The van der Waals surface area contributed by atoms with Gasteiger partial charge in [-0.2, -0.15) is 15.0 Å². The SMILES string of the molecule is Cc1ccccc1Nc1nc(N)nc(COC(=O)c2c(Cl)cccc2Cl)n1. The number of esters is 1. The summed E-state index contributed by atoms with van der Waals surface area (Å²) in [7, 11) is 0. The van der Waals surface area contributed by atoms with Gasteiger partial charge in [-0.05, 0) is 30.7 Å². The number of rotatable bonds is 5. The highest BCUT2D eigenvalue weighted by Gasteiger charge is 2.17. The Kier molecular flexibility index (Phi) is 5.73. The van der Waals surface area contributed by atoms with Gasteiger partial charge in [0, 0.05) is 5.69 Å². The molecule has 3 aromatic rings. The molecule has 3 N–H and O–H groups in total. The molecule has 138 valence electrons. The van der Waals surface area contributed by atoms with Gasteiger partial charge in [0.1, 0.15) is 0 Å². The summed E-state index contributed by atoms with van der Waals surface area (Å²) in [5, 5.41) is 3.46. The van der Waals surface area contributed by atoms with E-state index in [2.05, 4.69) is 20.3 Å². The fraction of sp³-hybridized carbons (Fsp3) is 0.111. The van der Waals surface area contributed by atoms with Gasteiger partial charge < -0.3 is 15.8 Å². The fourth-order valence-electron chi connectivity index (χ4n) is 2.29. The molecule has 7 nitrogen and oxygen atoms in total. The molecule has 0 bridgehead atoms. The van der Waals surface area contributed by atoms with Gasteiger partial charge in [-0.3, -0.25) is 0 Å². The Hall–Kier alpha value is -2.90. The lowest BCUT2D eigenvalue weighted by molar-refractivity contribution is 0.0462. The number of carbonyl (C=O) groups is 1. The summed E-state index contributed by atoms with van der Waals surface area (Å²) in [6.45, 7) is 1.73. The maximum Gasteiger partial charge on any atom is 0.341 e. The van der Waals surface area contributed by atoms with Gasteiger partial charge in [0.15, 0.2) is 12.4 Å². The molecule has 0 fully saturated rings. The van der Waals surface area contributed by atoms with E-state index in [9.17, 15) is 4.79 Å². The summed E-state index contributed by atoms with van der Waals surface area (Å²) in [5.74, 6) is -0.241. The van der Waals surface area contributed by atoms with Crippen molar-refractivity contribution in [3.8, 4) is 0 Å². The second kappa shape index (κ2) is 8.20. The number of nitrogens with two attached hydrogens (primary N) is 1. The minimum atomic E-state index is -0.682. The van der Waals surface area contributed by atoms with Crippen molar-refractivity contribution in [3.63, 3.8) is 0 Å². The molecule has 3 rings (SSSR count). The first-order chi connectivity index (χ1) is 12.9. The van der Waals surface area contributed by atoms with Crippen LogP contribution in [-0.4, -0.2) is 20.9 Å². The Bertz CT molecular complexity index is 977. The van der Waals surface area contributed by atoms with Crippen LogP contribution < -0.4 is 11.1 Å². The van der Waals surface area contributed by atoms with Crippen LogP contribution in [-0.2, 0) is 11.3 Å². The first-order valence-electron chi connectivity index (χ1n) is 7.88. The van der Waals surface area contributed by atoms with Crippen LogP contribution in [0.3, 0.4) is 0 Å². The van der Waals surface area contributed by atoms with Gasteiger partial charge in [0.25, 0.3) is 0 Å². The Labute approximate surface area is 165 Å². The molecular weight excluding hydrogens is 389 g/mol. The number of anilines is 3. The quantitative estimate of drug-likeness (QED) is 0.615. The first kappa shape index (κ1) is 18.9. The molecular formula is C18H15Cl2N5O2. The molecule has 0 radical (unpaired) electrons. The third-order valence-electron chi connectivity index (χ3n) is 3.59. The van der Waals surface area contributed by atoms with E-state index in [1.807, 2.05) is 31.2 Å². The van der Waals surface area contributed by atoms with E-state index in [0.717, 1.165) is 11.3 Å². The molecule has 0 atom stereocenters. The molecule has 2 aromatic carbocycles. The average molecular weight is 404 g/mol. The summed E-state index contributed by atoms with van der Waals surface area (Å²) >= 11 is 12.0. The number of hydrogen-bond acceptors (Lipinski definition) is 7. The summed E-state index contributed by atoms with van der Waals surface area (Å²) < 4.78 is 5.22. The van der Waals surface area contributed by atoms with E-state index < -0.39 is 5.97 Å². The highest BCUT2D eigenvalue weighted by atomic mass is 35.5. The van der Waals surface area contributed by atoms with Crippen LogP contribution >= 0.6 is 23.2 Å². The normalized spacial score (nSPS) is 10.5. The molecule has 0 aliphatic carbocycles. The minimum Gasteiger partial charge on any atom is -0.454 e. The standard InChI is InChI=1S/C18H15Cl2N5O2/c1-10-5-2-3-8-13(10)22-18-24-14(23-17(21)25-18)9-27-16(26)15-11(19)6-4-7-12(15)20/h2-8H,9H2,1H3,(H3,21,22,23,24,25). The number of aromatic nitrogens is 3. The van der Waals surface area contributed by atoms with Crippen molar-refractivity contribution in [2.45, 2.75) is 13.5 Å². The third kappa shape index (κ3) is 4.64. The number of benzene rings is 2. The predicted molar refractivity (Wildman–Crippen MR) is 104 cm³/mol. The predicted octanol–water partition coefficient (Wildman–Crippen LogP) is 4.17. The molecule has 9 heteroatoms. The van der Waals surface area contributed by atoms with E-state index in [-0.39, 0.29) is 39.9 Å². The van der Waals surface area contributed by atoms with Crippen LogP contribution in [0.15, 0.2) is 42.5 Å². The molecule has 0 unspecified atom stereocenters. The van der Waals surface area contributed by atoms with Crippen molar-refractivity contribution in [2.24, 2.45) is 0 Å². The number of para-hydroxylation sites is 1. The highest BCUT2D eigenvalue weighted by molar-refractivity contribution is 6.39. The largest absolute Gasteiger partial charge is 0.454 e. The van der Waals surface area contributed by atoms with Crippen LogP contribution in [0.4, 0.5) is 17.6 Å². The van der Waals surface area contributed by atoms with E-state index in [4.69, 9.17) is 33.7 Å². The van der Waals surface area contributed by atoms with E-state index in [0.29, 0.717) is 0 Å². The van der Waals surface area contributed by atoms with Crippen molar-refractivity contribution in [3.05, 3.63) is 69.5 Å². The average Bonchev–Trinajstić information content (AvgIpc) is 2.61. The monoisotopic (exact) mass is 403 g/mol. The number of aryl methyl sites for hydroxylation is 1. The molecule has 0 spiro atoms. The highest BCUT2D eigenvalue weighted by Crippen LogP contribution is 2.25. The van der Waals surface area contributed by atoms with Crippen LogP contribution in [0.1, 0.15) is 21.7 Å². The summed E-state index contributed by atoms with van der Waals surface area (Å²) in [6, 6.07) is 12.4. The molecule has 0 saturated heterocycles. The number of carbonyl (C=O) groups excluding carboxylic acids is 1. The summed E-state index contributed by atoms with van der Waals surface area (Å²) in [4.78, 5) is 24.5. The van der Waals surface area contributed by atoms with Crippen LogP contribution in [0.2, 0.25) is 10.0 Å². The van der Waals surface area contributed by atoms with Gasteiger partial charge in [-0.25, -0.2) is 4.79 Å². The van der Waals surface area contributed by atoms with Gasteiger partial charge in [0.05, 0.1) is 15.6 Å². The van der Waals surface area contributed by atoms with Crippen molar-refractivity contribution in [1.29, 1.82) is 0 Å². The summed E-state index contributed by atoms with van der Waals surface area (Å²) in [5.41, 5.74) is 7.66. The second-order valence-corrected chi connectivity index (χ2v) is 6.36. The first-order valence-corrected chi connectivity index (χ1v) is 8.64. The Balaban J connectivity index is 1.75. The number of nitrogen functional groups attached to an aromatic ring is 1. The molecule has 0 amide bonds. The van der Waals surface area contributed by atoms with Crippen LogP contribution in [0.25, 0.3) is 0 Å². The maximum atomic E-state index is 12.3. The van der Waals surface area contributed by atoms with Gasteiger partial charge in [-0.15, -0.1) is 0 Å². The summed E-state index contributed by atoms with van der Waals surface area (Å²) in [6.07, 6.45) is 0. The molecule has 1 heterocycles. The smallest absolute Gasteiger partial charge is 0.341 e. The lowest BCUT2D eigenvalue weighted by atomic mass is 10.2. The molecule has 0 aliphatic heterocycles. The zero-order valence-corrected chi connectivity index (χ0v) is 15.8. The lowest BCUT2D eigenvalue weighted by Gasteiger charge is -2.10. The van der Waals surface area contributed by atoms with Gasteiger partial charge in [0.2, 0.25) is 11.9 Å². The van der Waals surface area contributed by atoms with Gasteiger partial charge in [-0.1, -0.05) is 47.5 Å². The van der Waals surface area contributed by atoms with E-state index >= 15 is 0 Å². The van der Waals surface area contributed by atoms with Crippen molar-refractivity contribution in [1.82, 2.24) is 15.0 Å². The molecule has 27 heavy (non-hydrogen) atoms. The number of halogens is 2. The molecule has 1 aromatic heterocycles. The maximum absolute atomic E-state index is 12.3. The van der Waals surface area contributed by atoms with Crippen molar-refractivity contribution < 1.29 is 9.53 Å².